The Bertz CT molecular complexity index is 954. The number of anilines is 3. The van der Waals surface area contributed by atoms with Crippen molar-refractivity contribution in [2.24, 2.45) is 0 Å². The topological polar surface area (TPSA) is 67.4 Å². The number of methoxy groups -OCH3 is 1. The van der Waals surface area contributed by atoms with Gasteiger partial charge in [0.05, 0.1) is 23.3 Å². The summed E-state index contributed by atoms with van der Waals surface area (Å²) in [6.45, 7) is 0. The number of nitrogens with one attached hydrogen (secondary N) is 2. The first-order valence-corrected chi connectivity index (χ1v) is 8.56. The molecule has 0 atom stereocenters. The van der Waals surface area contributed by atoms with E-state index in [0.717, 1.165) is 11.4 Å². The van der Waals surface area contributed by atoms with E-state index in [1.807, 2.05) is 12.1 Å². The summed E-state index contributed by atoms with van der Waals surface area (Å²) in [6.07, 6.45) is 0. The lowest BCUT2D eigenvalue weighted by molar-refractivity contribution is 0.0600. The first-order chi connectivity index (χ1) is 13.1. The lowest BCUT2D eigenvalue weighted by Crippen LogP contribution is -2.12. The predicted molar refractivity (Wildman–Crippen MR) is 107 cm³/mol. The number of hydrogen-bond donors (Lipinski definition) is 2. The maximum absolute atomic E-state index is 12.3. The number of ether oxygens (including phenoxy) is 1. The molecule has 0 unspecified atom stereocenters. The molecular weight excluding hydrogens is 364 g/mol. The largest absolute Gasteiger partial charge is 0.465 e. The van der Waals surface area contributed by atoms with Crippen molar-refractivity contribution in [3.8, 4) is 0 Å². The highest BCUT2D eigenvalue weighted by molar-refractivity contribution is 6.34. The van der Waals surface area contributed by atoms with Gasteiger partial charge in [-0.3, -0.25) is 4.79 Å². The first-order valence-electron chi connectivity index (χ1n) is 8.18. The molecule has 3 aromatic carbocycles. The fourth-order valence-corrected chi connectivity index (χ4v) is 2.68. The highest BCUT2D eigenvalue weighted by Gasteiger charge is 2.09. The molecule has 0 fully saturated rings. The molecule has 1 amide bonds. The van der Waals surface area contributed by atoms with Crippen LogP contribution in [0.3, 0.4) is 0 Å². The smallest absolute Gasteiger partial charge is 0.337 e. The Balaban J connectivity index is 1.64. The molecule has 3 aromatic rings. The number of hydrogen-bond acceptors (Lipinski definition) is 4. The number of halogens is 1. The van der Waals surface area contributed by atoms with Gasteiger partial charge in [-0.2, -0.15) is 0 Å². The Kier molecular flexibility index (Phi) is 5.74. The van der Waals surface area contributed by atoms with Gasteiger partial charge >= 0.3 is 5.97 Å². The molecule has 27 heavy (non-hydrogen) atoms. The van der Waals surface area contributed by atoms with E-state index in [9.17, 15) is 9.59 Å². The lowest BCUT2D eigenvalue weighted by Gasteiger charge is -2.10. The van der Waals surface area contributed by atoms with E-state index in [0.29, 0.717) is 21.8 Å². The van der Waals surface area contributed by atoms with Crippen molar-refractivity contribution in [1.82, 2.24) is 0 Å². The molecule has 0 bridgehead atoms. The Morgan fingerprint density at radius 3 is 1.96 bits per heavy atom. The second kappa shape index (κ2) is 8.38. The number of carbonyl (C=O) groups excluding carboxylic acids is 2. The van der Waals surface area contributed by atoms with Gasteiger partial charge in [-0.05, 0) is 60.7 Å². The third-order valence-corrected chi connectivity index (χ3v) is 4.19. The van der Waals surface area contributed by atoms with Crippen LogP contribution in [0.1, 0.15) is 20.7 Å². The molecule has 0 spiro atoms. The van der Waals surface area contributed by atoms with E-state index in [2.05, 4.69) is 15.4 Å². The predicted octanol–water partition coefficient (Wildman–Crippen LogP) is 5.12. The maximum Gasteiger partial charge on any atom is 0.337 e. The number of carbonyl (C=O) groups is 2. The summed E-state index contributed by atoms with van der Waals surface area (Å²) in [5.74, 6) is -0.639. The van der Waals surface area contributed by atoms with E-state index < -0.39 is 0 Å². The van der Waals surface area contributed by atoms with Crippen LogP contribution in [0.2, 0.25) is 5.02 Å². The first kappa shape index (κ1) is 18.5. The van der Waals surface area contributed by atoms with Crippen LogP contribution in [0.5, 0.6) is 0 Å². The Hall–Kier alpha value is -3.31. The van der Waals surface area contributed by atoms with Crippen LogP contribution in [-0.2, 0) is 4.74 Å². The van der Waals surface area contributed by atoms with Gasteiger partial charge in [0.1, 0.15) is 0 Å². The van der Waals surface area contributed by atoms with Crippen molar-refractivity contribution in [3.05, 3.63) is 88.9 Å². The minimum absolute atomic E-state index is 0.264. The van der Waals surface area contributed by atoms with Gasteiger partial charge in [-0.1, -0.05) is 23.7 Å². The third kappa shape index (κ3) is 4.65. The van der Waals surface area contributed by atoms with Gasteiger partial charge < -0.3 is 15.4 Å². The molecule has 0 aliphatic carbocycles. The monoisotopic (exact) mass is 380 g/mol. The summed E-state index contributed by atoms with van der Waals surface area (Å²) in [5.41, 5.74) is 3.24. The van der Waals surface area contributed by atoms with Crippen molar-refractivity contribution in [1.29, 1.82) is 0 Å². The fourth-order valence-electron chi connectivity index (χ4n) is 2.45. The van der Waals surface area contributed by atoms with Crippen LogP contribution < -0.4 is 10.6 Å². The second-order valence-corrected chi connectivity index (χ2v) is 6.11. The molecule has 0 aliphatic heterocycles. The highest BCUT2D eigenvalue weighted by atomic mass is 35.5. The minimum Gasteiger partial charge on any atom is -0.465 e. The second-order valence-electron chi connectivity index (χ2n) is 5.71. The van der Waals surface area contributed by atoms with E-state index >= 15 is 0 Å². The van der Waals surface area contributed by atoms with Crippen molar-refractivity contribution in [2.45, 2.75) is 0 Å². The van der Waals surface area contributed by atoms with Gasteiger partial charge in [0.2, 0.25) is 0 Å². The zero-order valence-electron chi connectivity index (χ0n) is 14.5. The van der Waals surface area contributed by atoms with Gasteiger partial charge in [0.25, 0.3) is 5.91 Å². The Labute approximate surface area is 161 Å². The van der Waals surface area contributed by atoms with Crippen LogP contribution >= 0.6 is 11.6 Å². The molecule has 3 rings (SSSR count). The van der Waals surface area contributed by atoms with Crippen molar-refractivity contribution >= 4 is 40.5 Å². The summed E-state index contributed by atoms with van der Waals surface area (Å²) < 4.78 is 4.68. The standard InChI is InChI=1S/C21H17ClN2O3/c1-27-21(26)14-6-8-15(9-7-14)23-16-10-12-17(13-11-16)24-20(25)18-4-2-3-5-19(18)22/h2-13,23H,1H3,(H,24,25). The van der Waals surface area contributed by atoms with E-state index in [1.165, 1.54) is 7.11 Å². The average Bonchev–Trinajstić information content (AvgIpc) is 2.69. The van der Waals surface area contributed by atoms with Crippen LogP contribution in [0.4, 0.5) is 17.1 Å². The fraction of sp³-hybridized carbons (Fsp3) is 0.0476. The zero-order chi connectivity index (χ0) is 19.2. The molecule has 6 heteroatoms. The van der Waals surface area contributed by atoms with Gasteiger partial charge in [-0.25, -0.2) is 4.79 Å². The minimum atomic E-state index is -0.375. The SMILES string of the molecule is COC(=O)c1ccc(Nc2ccc(NC(=O)c3ccccc3Cl)cc2)cc1. The molecule has 0 saturated heterocycles. The quantitative estimate of drug-likeness (QED) is 0.602. The summed E-state index contributed by atoms with van der Waals surface area (Å²) in [4.78, 5) is 23.7. The third-order valence-electron chi connectivity index (χ3n) is 3.86. The summed E-state index contributed by atoms with van der Waals surface area (Å²) >= 11 is 6.04. The number of rotatable bonds is 5. The molecule has 0 radical (unpaired) electrons. The molecule has 0 saturated carbocycles. The molecule has 136 valence electrons. The Morgan fingerprint density at radius 2 is 1.37 bits per heavy atom. The normalized spacial score (nSPS) is 10.1. The summed E-state index contributed by atoms with van der Waals surface area (Å²) in [6, 6.07) is 21.1. The van der Waals surface area contributed by atoms with E-state index in [4.69, 9.17) is 11.6 Å². The number of benzene rings is 3. The van der Waals surface area contributed by atoms with Gasteiger partial charge in [0.15, 0.2) is 0 Å². The maximum atomic E-state index is 12.3. The van der Waals surface area contributed by atoms with Crippen molar-refractivity contribution in [3.63, 3.8) is 0 Å². The molecular formula is C21H17ClN2O3. The van der Waals surface area contributed by atoms with Crippen LogP contribution in [-0.4, -0.2) is 19.0 Å². The molecule has 5 nitrogen and oxygen atoms in total. The molecule has 0 heterocycles. The number of amides is 1. The lowest BCUT2D eigenvalue weighted by atomic mass is 10.2. The van der Waals surface area contributed by atoms with Crippen molar-refractivity contribution < 1.29 is 14.3 Å². The summed E-state index contributed by atoms with van der Waals surface area (Å²) in [5, 5.41) is 6.44. The van der Waals surface area contributed by atoms with Crippen LogP contribution in [0, 0.1) is 0 Å². The van der Waals surface area contributed by atoms with Gasteiger partial charge in [0, 0.05) is 17.1 Å². The molecule has 0 aromatic heterocycles. The molecule has 0 aliphatic rings. The number of esters is 1. The van der Waals surface area contributed by atoms with Crippen LogP contribution in [0.15, 0.2) is 72.8 Å². The highest BCUT2D eigenvalue weighted by Crippen LogP contribution is 2.21. The zero-order valence-corrected chi connectivity index (χ0v) is 15.3. The van der Waals surface area contributed by atoms with Gasteiger partial charge in [-0.15, -0.1) is 0 Å². The average molecular weight is 381 g/mol. The Morgan fingerprint density at radius 1 is 0.815 bits per heavy atom. The van der Waals surface area contributed by atoms with E-state index in [-0.39, 0.29) is 11.9 Å². The van der Waals surface area contributed by atoms with Crippen LogP contribution in [0.25, 0.3) is 0 Å². The van der Waals surface area contributed by atoms with E-state index in [1.54, 1.807) is 60.7 Å². The van der Waals surface area contributed by atoms with Crippen molar-refractivity contribution in [2.75, 3.05) is 17.7 Å². The molecule has 2 N–H and O–H groups in total. The summed E-state index contributed by atoms with van der Waals surface area (Å²) in [7, 11) is 1.35.